The zero-order chi connectivity index (χ0) is 17.2. The quantitative estimate of drug-likeness (QED) is 0.902. The molecule has 0 aliphatic carbocycles. The molecule has 1 saturated heterocycles. The van der Waals surface area contributed by atoms with E-state index in [0.717, 1.165) is 11.1 Å². The molecule has 24 heavy (non-hydrogen) atoms. The van der Waals surface area contributed by atoms with Crippen LogP contribution < -0.4 is 0 Å². The minimum absolute atomic E-state index is 0.0207. The summed E-state index contributed by atoms with van der Waals surface area (Å²) in [6, 6.07) is 17.8. The van der Waals surface area contributed by atoms with E-state index in [4.69, 9.17) is 0 Å². The first-order valence-corrected chi connectivity index (χ1v) is 9.97. The fourth-order valence-corrected chi connectivity index (χ4v) is 5.03. The third-order valence-electron chi connectivity index (χ3n) is 4.50. The van der Waals surface area contributed by atoms with Crippen molar-refractivity contribution in [1.82, 2.24) is 4.90 Å². The molecular formula is C19H23NO3S. The molecule has 0 amide bonds. The lowest BCUT2D eigenvalue weighted by Crippen LogP contribution is -2.42. The van der Waals surface area contributed by atoms with Crippen molar-refractivity contribution in [1.29, 1.82) is 0 Å². The lowest BCUT2D eigenvalue weighted by Gasteiger charge is -2.30. The second kappa shape index (κ2) is 7.05. The van der Waals surface area contributed by atoms with Gasteiger partial charge in [-0.3, -0.25) is 4.90 Å². The van der Waals surface area contributed by atoms with Crippen LogP contribution in [-0.2, 0) is 22.9 Å². The van der Waals surface area contributed by atoms with Gasteiger partial charge in [0.1, 0.15) is 0 Å². The highest BCUT2D eigenvalue weighted by atomic mass is 32.2. The third-order valence-corrected chi connectivity index (χ3v) is 6.20. The first-order valence-electron chi connectivity index (χ1n) is 8.15. The molecule has 128 valence electrons. The molecule has 0 unspecified atom stereocenters. The van der Waals surface area contributed by atoms with Crippen molar-refractivity contribution in [3.8, 4) is 0 Å². The van der Waals surface area contributed by atoms with Crippen LogP contribution in [0.4, 0.5) is 0 Å². The highest BCUT2D eigenvalue weighted by Crippen LogP contribution is 2.23. The molecule has 0 radical (unpaired) electrons. The van der Waals surface area contributed by atoms with Crippen LogP contribution >= 0.6 is 0 Å². The molecule has 2 aromatic carbocycles. The van der Waals surface area contributed by atoms with Gasteiger partial charge in [-0.05, 0) is 18.1 Å². The number of hydrogen-bond donors (Lipinski definition) is 1. The fourth-order valence-electron chi connectivity index (χ4n) is 3.20. The van der Waals surface area contributed by atoms with Crippen molar-refractivity contribution in [3.63, 3.8) is 0 Å². The SMILES string of the molecule is Cc1ccc(CN(Cc2ccccc2)[C@H]2CS(=O)(=O)C[C@@H]2O)cc1. The summed E-state index contributed by atoms with van der Waals surface area (Å²) < 4.78 is 23.8. The lowest BCUT2D eigenvalue weighted by molar-refractivity contribution is 0.0731. The molecule has 5 heteroatoms. The topological polar surface area (TPSA) is 57.6 Å². The predicted octanol–water partition coefficient (Wildman–Crippen LogP) is 2.16. The minimum Gasteiger partial charge on any atom is -0.390 e. The normalized spacial score (nSPS) is 22.8. The Morgan fingerprint density at radius 2 is 1.54 bits per heavy atom. The number of aliphatic hydroxyl groups is 1. The first-order chi connectivity index (χ1) is 11.4. The van der Waals surface area contributed by atoms with Gasteiger partial charge in [0.15, 0.2) is 9.84 Å². The fraction of sp³-hybridized carbons (Fsp3) is 0.368. The summed E-state index contributed by atoms with van der Waals surface area (Å²) in [4.78, 5) is 2.08. The summed E-state index contributed by atoms with van der Waals surface area (Å²) in [5.74, 6) is -0.121. The Morgan fingerprint density at radius 1 is 0.958 bits per heavy atom. The number of aryl methyl sites for hydroxylation is 1. The Bertz CT molecular complexity index is 772. The zero-order valence-corrected chi connectivity index (χ0v) is 14.6. The smallest absolute Gasteiger partial charge is 0.154 e. The van der Waals surface area contributed by atoms with Gasteiger partial charge in [-0.2, -0.15) is 0 Å². The molecule has 1 aliphatic heterocycles. The largest absolute Gasteiger partial charge is 0.390 e. The van der Waals surface area contributed by atoms with E-state index in [0.29, 0.717) is 13.1 Å². The molecule has 0 bridgehead atoms. The second-order valence-corrected chi connectivity index (χ2v) is 8.74. The van der Waals surface area contributed by atoms with Crippen LogP contribution in [0.3, 0.4) is 0 Å². The van der Waals surface area contributed by atoms with Gasteiger partial charge in [0, 0.05) is 13.1 Å². The number of benzene rings is 2. The van der Waals surface area contributed by atoms with Crippen LogP contribution in [-0.4, -0.2) is 42.1 Å². The van der Waals surface area contributed by atoms with Crippen molar-refractivity contribution in [2.45, 2.75) is 32.2 Å². The van der Waals surface area contributed by atoms with Gasteiger partial charge in [0.05, 0.1) is 23.7 Å². The maximum absolute atomic E-state index is 11.9. The summed E-state index contributed by atoms with van der Waals surface area (Å²) in [6.07, 6.45) is -0.829. The maximum Gasteiger partial charge on any atom is 0.154 e. The standard InChI is InChI=1S/C19H23NO3S/c1-15-7-9-17(10-8-15)12-20(11-16-5-3-2-4-6-16)18-13-24(22,23)14-19(18)21/h2-10,18-19,21H,11-14H2,1H3/t18-,19-/m0/s1. The van der Waals surface area contributed by atoms with E-state index < -0.39 is 15.9 Å². The Hall–Kier alpha value is -1.69. The third kappa shape index (κ3) is 4.23. The van der Waals surface area contributed by atoms with E-state index in [1.165, 1.54) is 5.56 Å². The number of rotatable bonds is 5. The van der Waals surface area contributed by atoms with Crippen molar-refractivity contribution >= 4 is 9.84 Å². The van der Waals surface area contributed by atoms with E-state index in [1.807, 2.05) is 37.3 Å². The van der Waals surface area contributed by atoms with Crippen molar-refractivity contribution in [2.75, 3.05) is 11.5 Å². The van der Waals surface area contributed by atoms with Crippen LogP contribution in [0.15, 0.2) is 54.6 Å². The van der Waals surface area contributed by atoms with Gasteiger partial charge >= 0.3 is 0 Å². The number of nitrogens with zero attached hydrogens (tertiary/aromatic N) is 1. The molecule has 2 aromatic rings. The average molecular weight is 345 g/mol. The van der Waals surface area contributed by atoms with Crippen LogP contribution in [0.1, 0.15) is 16.7 Å². The molecule has 0 aromatic heterocycles. The van der Waals surface area contributed by atoms with Gasteiger partial charge in [0.25, 0.3) is 0 Å². The highest BCUT2D eigenvalue weighted by molar-refractivity contribution is 7.91. The van der Waals surface area contributed by atoms with Crippen molar-refractivity contribution in [3.05, 3.63) is 71.3 Å². The lowest BCUT2D eigenvalue weighted by atomic mass is 10.1. The second-order valence-electron chi connectivity index (χ2n) is 6.59. The molecule has 4 nitrogen and oxygen atoms in total. The van der Waals surface area contributed by atoms with E-state index in [9.17, 15) is 13.5 Å². The Kier molecular flexibility index (Phi) is 5.04. The maximum atomic E-state index is 11.9. The van der Waals surface area contributed by atoms with E-state index in [1.54, 1.807) is 0 Å². The summed E-state index contributed by atoms with van der Waals surface area (Å²) >= 11 is 0. The Balaban J connectivity index is 1.84. The van der Waals surface area contributed by atoms with Crippen LogP contribution in [0.2, 0.25) is 0 Å². The summed E-state index contributed by atoms with van der Waals surface area (Å²) in [6.45, 7) is 3.27. The molecule has 1 fully saturated rings. The molecule has 2 atom stereocenters. The highest BCUT2D eigenvalue weighted by Gasteiger charge is 2.39. The number of aliphatic hydroxyl groups excluding tert-OH is 1. The molecular weight excluding hydrogens is 322 g/mol. The van der Waals surface area contributed by atoms with Gasteiger partial charge in [0.2, 0.25) is 0 Å². The van der Waals surface area contributed by atoms with Gasteiger partial charge in [-0.1, -0.05) is 60.2 Å². The molecule has 1 N–H and O–H groups in total. The molecule has 0 spiro atoms. The van der Waals surface area contributed by atoms with E-state index >= 15 is 0 Å². The molecule has 1 aliphatic rings. The minimum atomic E-state index is -3.17. The summed E-state index contributed by atoms with van der Waals surface area (Å²) in [5, 5.41) is 10.3. The monoisotopic (exact) mass is 345 g/mol. The average Bonchev–Trinajstić information content (AvgIpc) is 2.83. The summed E-state index contributed by atoms with van der Waals surface area (Å²) in [7, 11) is -3.17. The Labute approximate surface area is 143 Å². The van der Waals surface area contributed by atoms with Crippen LogP contribution in [0.25, 0.3) is 0 Å². The zero-order valence-electron chi connectivity index (χ0n) is 13.8. The molecule has 1 heterocycles. The van der Waals surface area contributed by atoms with Gasteiger partial charge < -0.3 is 5.11 Å². The van der Waals surface area contributed by atoms with Gasteiger partial charge in [-0.25, -0.2) is 8.42 Å². The number of sulfone groups is 1. The van der Waals surface area contributed by atoms with E-state index in [-0.39, 0.29) is 17.5 Å². The predicted molar refractivity (Wildman–Crippen MR) is 95.3 cm³/mol. The number of hydrogen-bond acceptors (Lipinski definition) is 4. The molecule has 0 saturated carbocycles. The first kappa shape index (κ1) is 17.1. The molecule has 3 rings (SSSR count). The summed E-state index contributed by atoms with van der Waals surface area (Å²) in [5.41, 5.74) is 3.42. The van der Waals surface area contributed by atoms with Crippen LogP contribution in [0.5, 0.6) is 0 Å². The van der Waals surface area contributed by atoms with Crippen molar-refractivity contribution < 1.29 is 13.5 Å². The van der Waals surface area contributed by atoms with Crippen molar-refractivity contribution in [2.24, 2.45) is 0 Å². The van der Waals surface area contributed by atoms with Gasteiger partial charge in [-0.15, -0.1) is 0 Å². The Morgan fingerprint density at radius 3 is 2.08 bits per heavy atom. The van der Waals surface area contributed by atoms with E-state index in [2.05, 4.69) is 29.2 Å². The van der Waals surface area contributed by atoms with Crippen LogP contribution in [0, 0.1) is 6.92 Å².